The highest BCUT2D eigenvalue weighted by atomic mass is 35.5. The quantitative estimate of drug-likeness (QED) is 0.921. The van der Waals surface area contributed by atoms with Gasteiger partial charge in [0.05, 0.1) is 13.5 Å². The number of rotatable bonds is 5. The summed E-state index contributed by atoms with van der Waals surface area (Å²) in [6.45, 7) is 4.30. The van der Waals surface area contributed by atoms with Gasteiger partial charge in [0.1, 0.15) is 5.75 Å². The minimum atomic E-state index is -0.0712. The average Bonchev–Trinajstić information content (AvgIpc) is 2.54. The molecule has 0 atom stereocenters. The Kier molecular flexibility index (Phi) is 5.39. The normalized spacial score (nSPS) is 10.4. The van der Waals surface area contributed by atoms with Gasteiger partial charge in [-0.1, -0.05) is 11.6 Å². The van der Waals surface area contributed by atoms with Crippen LogP contribution in [0, 0.1) is 13.8 Å². The number of hydrogen-bond donors (Lipinski definition) is 1. The first kappa shape index (κ1) is 16.3. The van der Waals surface area contributed by atoms with Gasteiger partial charge in [-0.15, -0.1) is 0 Å². The number of nitrogens with one attached hydrogen (secondary N) is 1. The van der Waals surface area contributed by atoms with Crippen LogP contribution in [0.5, 0.6) is 5.75 Å². The fraction of sp³-hybridized carbons (Fsp3) is 0.294. The molecule has 22 heavy (non-hydrogen) atoms. The first-order valence-electron chi connectivity index (χ1n) is 7.01. The number of carbonyl (C=O) groups is 1. The predicted molar refractivity (Wildman–Crippen MR) is 87.3 cm³/mol. The first-order chi connectivity index (χ1) is 10.5. The first-order valence-corrected chi connectivity index (χ1v) is 7.39. The Bertz CT molecular complexity index is 672. The summed E-state index contributed by atoms with van der Waals surface area (Å²) in [6, 6.07) is 5.60. The molecule has 0 saturated carbocycles. The number of pyridine rings is 1. The molecule has 1 aromatic carbocycles. The minimum Gasteiger partial charge on any atom is -0.496 e. The van der Waals surface area contributed by atoms with Crippen LogP contribution >= 0.6 is 11.6 Å². The van der Waals surface area contributed by atoms with Gasteiger partial charge in [-0.25, -0.2) is 0 Å². The van der Waals surface area contributed by atoms with Crippen LogP contribution in [-0.2, 0) is 17.8 Å². The lowest BCUT2D eigenvalue weighted by atomic mass is 10.0. The van der Waals surface area contributed by atoms with Crippen molar-refractivity contribution >= 4 is 17.5 Å². The second-order valence-electron chi connectivity index (χ2n) is 5.12. The van der Waals surface area contributed by atoms with E-state index in [2.05, 4.69) is 10.3 Å². The van der Waals surface area contributed by atoms with E-state index in [9.17, 15) is 4.79 Å². The minimum absolute atomic E-state index is 0.0712. The molecule has 0 saturated heterocycles. The van der Waals surface area contributed by atoms with Gasteiger partial charge in [-0.2, -0.15) is 0 Å². The summed E-state index contributed by atoms with van der Waals surface area (Å²) < 4.78 is 5.38. The summed E-state index contributed by atoms with van der Waals surface area (Å²) in [6.07, 6.45) is 3.64. The summed E-state index contributed by atoms with van der Waals surface area (Å²) in [5, 5.41) is 3.57. The predicted octanol–water partition coefficient (Wildman–Crippen LogP) is 3.22. The van der Waals surface area contributed by atoms with Crippen molar-refractivity contribution in [3.63, 3.8) is 0 Å². The Labute approximate surface area is 135 Å². The average molecular weight is 319 g/mol. The van der Waals surface area contributed by atoms with Gasteiger partial charge < -0.3 is 10.1 Å². The third-order valence-electron chi connectivity index (χ3n) is 3.57. The molecule has 1 N–H and O–H groups in total. The van der Waals surface area contributed by atoms with Crippen LogP contribution in [0.25, 0.3) is 0 Å². The van der Waals surface area contributed by atoms with Crippen molar-refractivity contribution in [1.29, 1.82) is 0 Å². The van der Waals surface area contributed by atoms with E-state index in [1.165, 1.54) is 0 Å². The molecule has 1 heterocycles. The van der Waals surface area contributed by atoms with Crippen LogP contribution in [0.3, 0.4) is 0 Å². The molecule has 0 fully saturated rings. The van der Waals surface area contributed by atoms with Crippen LogP contribution < -0.4 is 10.1 Å². The molecule has 1 amide bonds. The second-order valence-corrected chi connectivity index (χ2v) is 5.50. The molecule has 116 valence electrons. The number of ether oxygens (including phenoxy) is 1. The number of aromatic nitrogens is 1. The van der Waals surface area contributed by atoms with Gasteiger partial charge in [0.15, 0.2) is 0 Å². The lowest BCUT2D eigenvalue weighted by Gasteiger charge is -2.15. The smallest absolute Gasteiger partial charge is 0.224 e. The largest absolute Gasteiger partial charge is 0.496 e. The molecular formula is C17H19ClN2O2. The van der Waals surface area contributed by atoms with Crippen LogP contribution in [-0.4, -0.2) is 18.0 Å². The third kappa shape index (κ3) is 3.77. The van der Waals surface area contributed by atoms with Crippen LogP contribution in [0.2, 0.25) is 5.02 Å². The van der Waals surface area contributed by atoms with Crippen LogP contribution in [0.1, 0.15) is 22.3 Å². The summed E-state index contributed by atoms with van der Waals surface area (Å²) >= 11 is 6.27. The number of carbonyl (C=O) groups excluding carboxylic acids is 1. The summed E-state index contributed by atoms with van der Waals surface area (Å²) in [7, 11) is 1.60. The molecule has 0 unspecified atom stereocenters. The SMILES string of the molecule is COc1cc(C)c(Cl)c(C)c1CC(=O)NCc1ccncc1. The van der Waals surface area contributed by atoms with E-state index in [0.717, 1.165) is 22.3 Å². The highest BCUT2D eigenvalue weighted by molar-refractivity contribution is 6.32. The molecule has 0 radical (unpaired) electrons. The number of methoxy groups -OCH3 is 1. The number of amides is 1. The van der Waals surface area contributed by atoms with E-state index in [1.54, 1.807) is 19.5 Å². The molecule has 0 spiro atoms. The standard InChI is InChI=1S/C17H19ClN2O2/c1-11-8-15(22-3)14(12(2)17(11)18)9-16(21)20-10-13-4-6-19-7-5-13/h4-8H,9-10H2,1-3H3,(H,20,21). The summed E-state index contributed by atoms with van der Waals surface area (Å²) in [4.78, 5) is 16.1. The molecule has 2 rings (SSSR count). The van der Waals surface area contributed by atoms with E-state index in [4.69, 9.17) is 16.3 Å². The van der Waals surface area contributed by atoms with Gasteiger partial charge in [-0.05, 0) is 48.7 Å². The summed E-state index contributed by atoms with van der Waals surface area (Å²) in [5.41, 5.74) is 3.66. The number of hydrogen-bond acceptors (Lipinski definition) is 3. The number of halogens is 1. The van der Waals surface area contributed by atoms with E-state index >= 15 is 0 Å². The van der Waals surface area contributed by atoms with Gasteiger partial charge in [0, 0.05) is 29.5 Å². The highest BCUT2D eigenvalue weighted by Crippen LogP contribution is 2.31. The van der Waals surface area contributed by atoms with Crippen molar-refractivity contribution in [2.75, 3.05) is 7.11 Å². The van der Waals surface area contributed by atoms with E-state index in [-0.39, 0.29) is 12.3 Å². The second kappa shape index (κ2) is 7.27. The van der Waals surface area contributed by atoms with Crippen molar-refractivity contribution in [2.45, 2.75) is 26.8 Å². The Morgan fingerprint density at radius 1 is 1.32 bits per heavy atom. The molecule has 0 aliphatic carbocycles. The molecule has 0 aliphatic heterocycles. The Balaban J connectivity index is 2.10. The van der Waals surface area contributed by atoms with Crippen molar-refractivity contribution < 1.29 is 9.53 Å². The molecule has 0 bridgehead atoms. The van der Waals surface area contributed by atoms with Crippen molar-refractivity contribution in [2.24, 2.45) is 0 Å². The fourth-order valence-corrected chi connectivity index (χ4v) is 2.45. The lowest BCUT2D eigenvalue weighted by Crippen LogP contribution is -2.25. The third-order valence-corrected chi connectivity index (χ3v) is 4.15. The molecular weight excluding hydrogens is 300 g/mol. The maximum atomic E-state index is 12.2. The maximum absolute atomic E-state index is 12.2. The highest BCUT2D eigenvalue weighted by Gasteiger charge is 2.15. The molecule has 4 nitrogen and oxygen atoms in total. The van der Waals surface area contributed by atoms with Crippen molar-refractivity contribution in [3.8, 4) is 5.75 Å². The van der Waals surface area contributed by atoms with E-state index in [0.29, 0.717) is 17.3 Å². The van der Waals surface area contributed by atoms with E-state index in [1.807, 2.05) is 32.0 Å². The summed E-state index contributed by atoms with van der Waals surface area (Å²) in [5.74, 6) is 0.622. The number of aryl methyl sites for hydroxylation is 1. The monoisotopic (exact) mass is 318 g/mol. The fourth-order valence-electron chi connectivity index (χ4n) is 2.29. The Morgan fingerprint density at radius 3 is 2.64 bits per heavy atom. The maximum Gasteiger partial charge on any atom is 0.224 e. The van der Waals surface area contributed by atoms with Gasteiger partial charge in [-0.3, -0.25) is 9.78 Å². The lowest BCUT2D eigenvalue weighted by molar-refractivity contribution is -0.120. The molecule has 0 aliphatic rings. The molecule has 5 heteroatoms. The van der Waals surface area contributed by atoms with Crippen molar-refractivity contribution in [3.05, 3.63) is 57.9 Å². The zero-order chi connectivity index (χ0) is 16.1. The zero-order valence-electron chi connectivity index (χ0n) is 12.9. The van der Waals surface area contributed by atoms with Crippen molar-refractivity contribution in [1.82, 2.24) is 10.3 Å². The Morgan fingerprint density at radius 2 is 2.00 bits per heavy atom. The topological polar surface area (TPSA) is 51.2 Å². The zero-order valence-corrected chi connectivity index (χ0v) is 13.7. The van der Waals surface area contributed by atoms with Gasteiger partial charge >= 0.3 is 0 Å². The van der Waals surface area contributed by atoms with Gasteiger partial charge in [0.25, 0.3) is 0 Å². The molecule has 1 aromatic heterocycles. The van der Waals surface area contributed by atoms with Crippen LogP contribution in [0.4, 0.5) is 0 Å². The van der Waals surface area contributed by atoms with E-state index < -0.39 is 0 Å². The molecule has 2 aromatic rings. The Hall–Kier alpha value is -2.07. The van der Waals surface area contributed by atoms with Crippen LogP contribution in [0.15, 0.2) is 30.6 Å². The van der Waals surface area contributed by atoms with Gasteiger partial charge in [0.2, 0.25) is 5.91 Å². The number of nitrogens with zero attached hydrogens (tertiary/aromatic N) is 1. The number of benzene rings is 1.